The second-order valence-electron chi connectivity index (χ2n) is 3.55. The zero-order valence-corrected chi connectivity index (χ0v) is 9.53. The van der Waals surface area contributed by atoms with E-state index >= 15 is 0 Å². The number of carbonyl (C=O) groups is 1. The van der Waals surface area contributed by atoms with E-state index in [9.17, 15) is 9.90 Å². The van der Waals surface area contributed by atoms with Gasteiger partial charge in [-0.1, -0.05) is 6.07 Å². The Morgan fingerprint density at radius 1 is 1.56 bits per heavy atom. The summed E-state index contributed by atoms with van der Waals surface area (Å²) in [5.74, 6) is 4.97. The minimum absolute atomic E-state index is 0.178. The number of hydrogen-bond donors (Lipinski definition) is 3. The molecule has 0 radical (unpaired) electrons. The largest absolute Gasteiger partial charge is 0.508 e. The molecule has 0 atom stereocenters. The van der Waals surface area contributed by atoms with Crippen molar-refractivity contribution in [3.05, 3.63) is 23.8 Å². The Hall–Kier alpha value is -1.75. The van der Waals surface area contributed by atoms with E-state index in [1.165, 1.54) is 0 Å². The van der Waals surface area contributed by atoms with Crippen LogP contribution in [0, 0.1) is 6.92 Å². The van der Waals surface area contributed by atoms with Crippen LogP contribution in [0.2, 0.25) is 0 Å². The number of phenols is 1. The van der Waals surface area contributed by atoms with Crippen LogP contribution in [-0.2, 0) is 4.79 Å². The van der Waals surface area contributed by atoms with E-state index in [0.29, 0.717) is 6.54 Å². The van der Waals surface area contributed by atoms with Gasteiger partial charge in [0.2, 0.25) is 0 Å². The quantitative estimate of drug-likeness (QED) is 0.395. The van der Waals surface area contributed by atoms with Crippen LogP contribution in [0.4, 0.5) is 5.69 Å². The molecule has 0 unspecified atom stereocenters. The second-order valence-corrected chi connectivity index (χ2v) is 3.55. The molecule has 5 nitrogen and oxygen atoms in total. The molecular formula is C11H17N3O2. The standard InChI is InChI=1S/C11H17N3O2/c1-3-14(7-11(16)13-12)10-6-9(15)5-4-8(10)2/h4-6,15H,3,7,12H2,1-2H3,(H,13,16). The summed E-state index contributed by atoms with van der Waals surface area (Å²) in [7, 11) is 0. The van der Waals surface area contributed by atoms with Crippen molar-refractivity contribution in [2.45, 2.75) is 13.8 Å². The van der Waals surface area contributed by atoms with Crippen LogP contribution < -0.4 is 16.2 Å². The van der Waals surface area contributed by atoms with E-state index in [-0.39, 0.29) is 18.2 Å². The fourth-order valence-electron chi connectivity index (χ4n) is 1.52. The maximum absolute atomic E-state index is 11.2. The minimum Gasteiger partial charge on any atom is -0.508 e. The summed E-state index contributed by atoms with van der Waals surface area (Å²) in [5, 5.41) is 9.42. The van der Waals surface area contributed by atoms with Crippen LogP contribution in [0.5, 0.6) is 5.75 Å². The van der Waals surface area contributed by atoms with Crippen molar-refractivity contribution in [1.82, 2.24) is 5.43 Å². The molecule has 88 valence electrons. The first-order valence-corrected chi connectivity index (χ1v) is 5.12. The molecule has 1 aromatic carbocycles. The van der Waals surface area contributed by atoms with Crippen molar-refractivity contribution < 1.29 is 9.90 Å². The fraction of sp³-hybridized carbons (Fsp3) is 0.364. The summed E-state index contributed by atoms with van der Waals surface area (Å²) in [4.78, 5) is 13.1. The van der Waals surface area contributed by atoms with Crippen molar-refractivity contribution in [1.29, 1.82) is 0 Å². The predicted octanol–water partition coefficient (Wildman–Crippen LogP) is 0.517. The fourth-order valence-corrected chi connectivity index (χ4v) is 1.52. The van der Waals surface area contributed by atoms with Crippen molar-refractivity contribution in [3.8, 4) is 5.75 Å². The van der Waals surface area contributed by atoms with Gasteiger partial charge in [0.05, 0.1) is 6.54 Å². The first-order chi connectivity index (χ1) is 7.58. The maximum atomic E-state index is 11.2. The molecule has 0 saturated carbocycles. The third kappa shape index (κ3) is 2.87. The first kappa shape index (κ1) is 12.3. The zero-order valence-electron chi connectivity index (χ0n) is 9.53. The molecule has 0 saturated heterocycles. The monoisotopic (exact) mass is 223 g/mol. The Balaban J connectivity index is 2.94. The summed E-state index contributed by atoms with van der Waals surface area (Å²) >= 11 is 0. The highest BCUT2D eigenvalue weighted by atomic mass is 16.3. The SMILES string of the molecule is CCN(CC(=O)NN)c1cc(O)ccc1C. The number of carbonyl (C=O) groups excluding carboxylic acids is 1. The lowest BCUT2D eigenvalue weighted by molar-refractivity contribution is -0.119. The molecule has 1 amide bonds. The Morgan fingerprint density at radius 3 is 2.81 bits per heavy atom. The van der Waals surface area contributed by atoms with Crippen molar-refractivity contribution in [3.63, 3.8) is 0 Å². The zero-order chi connectivity index (χ0) is 12.1. The lowest BCUT2D eigenvalue weighted by atomic mass is 10.1. The van der Waals surface area contributed by atoms with Gasteiger partial charge >= 0.3 is 0 Å². The van der Waals surface area contributed by atoms with Crippen LogP contribution in [0.1, 0.15) is 12.5 Å². The Morgan fingerprint density at radius 2 is 2.25 bits per heavy atom. The highest BCUT2D eigenvalue weighted by Crippen LogP contribution is 2.24. The summed E-state index contributed by atoms with van der Waals surface area (Å²) in [5.41, 5.74) is 3.93. The number of phenolic OH excluding ortho intramolecular Hbond substituents is 1. The first-order valence-electron chi connectivity index (χ1n) is 5.12. The molecule has 4 N–H and O–H groups in total. The van der Waals surface area contributed by atoms with E-state index in [1.54, 1.807) is 12.1 Å². The average Bonchev–Trinajstić information content (AvgIpc) is 2.29. The third-order valence-electron chi connectivity index (χ3n) is 2.41. The van der Waals surface area contributed by atoms with E-state index < -0.39 is 0 Å². The van der Waals surface area contributed by atoms with Crippen LogP contribution in [0.25, 0.3) is 0 Å². The Kier molecular flexibility index (Phi) is 4.13. The second kappa shape index (κ2) is 5.37. The molecule has 5 heteroatoms. The van der Waals surface area contributed by atoms with Gasteiger partial charge in [0.15, 0.2) is 0 Å². The number of rotatable bonds is 4. The molecule has 0 aliphatic carbocycles. The number of anilines is 1. The highest BCUT2D eigenvalue weighted by molar-refractivity contribution is 5.81. The minimum atomic E-state index is -0.260. The van der Waals surface area contributed by atoms with Gasteiger partial charge in [-0.25, -0.2) is 5.84 Å². The molecule has 0 aliphatic rings. The lowest BCUT2D eigenvalue weighted by Crippen LogP contribution is -2.40. The number of aromatic hydroxyl groups is 1. The topological polar surface area (TPSA) is 78.6 Å². The summed E-state index contributed by atoms with van der Waals surface area (Å²) in [6.45, 7) is 4.71. The van der Waals surface area contributed by atoms with Gasteiger partial charge in [-0.15, -0.1) is 0 Å². The number of likely N-dealkylation sites (N-methyl/N-ethyl adjacent to an activating group) is 1. The third-order valence-corrected chi connectivity index (χ3v) is 2.41. The number of nitrogens with one attached hydrogen (secondary N) is 1. The van der Waals surface area contributed by atoms with Crippen molar-refractivity contribution >= 4 is 11.6 Å². The molecule has 0 spiro atoms. The van der Waals surface area contributed by atoms with Gasteiger partial charge in [0.25, 0.3) is 5.91 Å². The van der Waals surface area contributed by atoms with Crippen LogP contribution in [-0.4, -0.2) is 24.1 Å². The molecule has 0 bridgehead atoms. The average molecular weight is 223 g/mol. The molecule has 0 heterocycles. The maximum Gasteiger partial charge on any atom is 0.253 e. The normalized spacial score (nSPS) is 9.94. The highest BCUT2D eigenvalue weighted by Gasteiger charge is 2.11. The lowest BCUT2D eigenvalue weighted by Gasteiger charge is -2.24. The number of hydrogen-bond acceptors (Lipinski definition) is 4. The summed E-state index contributed by atoms with van der Waals surface area (Å²) < 4.78 is 0. The van der Waals surface area contributed by atoms with E-state index in [0.717, 1.165) is 11.3 Å². The number of hydrazine groups is 1. The van der Waals surface area contributed by atoms with Crippen LogP contribution in [0.3, 0.4) is 0 Å². The predicted molar refractivity (Wildman–Crippen MR) is 63.1 cm³/mol. The van der Waals surface area contributed by atoms with Gasteiger partial charge < -0.3 is 10.0 Å². The van der Waals surface area contributed by atoms with Gasteiger partial charge in [0.1, 0.15) is 5.75 Å². The van der Waals surface area contributed by atoms with Crippen molar-refractivity contribution in [2.24, 2.45) is 5.84 Å². The van der Waals surface area contributed by atoms with Gasteiger partial charge in [-0.2, -0.15) is 0 Å². The molecule has 0 aliphatic heterocycles. The van der Waals surface area contributed by atoms with Crippen LogP contribution >= 0.6 is 0 Å². The van der Waals surface area contributed by atoms with Gasteiger partial charge in [0, 0.05) is 18.3 Å². The summed E-state index contributed by atoms with van der Waals surface area (Å²) in [6, 6.07) is 5.08. The molecular weight excluding hydrogens is 206 g/mol. The van der Waals surface area contributed by atoms with E-state index in [4.69, 9.17) is 5.84 Å². The Labute approximate surface area is 94.8 Å². The molecule has 0 aromatic heterocycles. The van der Waals surface area contributed by atoms with Gasteiger partial charge in [-0.3, -0.25) is 10.2 Å². The number of benzene rings is 1. The van der Waals surface area contributed by atoms with Crippen molar-refractivity contribution in [2.75, 3.05) is 18.0 Å². The molecule has 1 aromatic rings. The van der Waals surface area contributed by atoms with E-state index in [2.05, 4.69) is 5.43 Å². The Bertz CT molecular complexity index is 379. The molecule has 1 rings (SSSR count). The molecule has 0 fully saturated rings. The van der Waals surface area contributed by atoms with Gasteiger partial charge in [-0.05, 0) is 25.5 Å². The number of aryl methyl sites for hydroxylation is 1. The number of amides is 1. The smallest absolute Gasteiger partial charge is 0.253 e. The molecule has 16 heavy (non-hydrogen) atoms. The van der Waals surface area contributed by atoms with E-state index in [1.807, 2.05) is 24.8 Å². The number of nitrogens with zero attached hydrogens (tertiary/aromatic N) is 1. The number of nitrogens with two attached hydrogens (primary N) is 1. The summed E-state index contributed by atoms with van der Waals surface area (Å²) in [6.07, 6.45) is 0. The van der Waals surface area contributed by atoms with Crippen LogP contribution in [0.15, 0.2) is 18.2 Å².